The van der Waals surface area contributed by atoms with Crippen LogP contribution in [0.4, 0.5) is 5.69 Å². The predicted molar refractivity (Wildman–Crippen MR) is 82.3 cm³/mol. The first kappa shape index (κ1) is 13.6. The minimum Gasteiger partial charge on any atom is -0.344 e. The van der Waals surface area contributed by atoms with Crippen LogP contribution in [0.5, 0.6) is 0 Å². The summed E-state index contributed by atoms with van der Waals surface area (Å²) in [6.45, 7) is 4.48. The van der Waals surface area contributed by atoms with Crippen LogP contribution in [0.1, 0.15) is 33.1 Å². The molecule has 2 atom stereocenters. The first-order chi connectivity index (χ1) is 8.58. The Morgan fingerprint density at radius 1 is 1.22 bits per heavy atom. The Balaban J connectivity index is 2.04. The molecule has 2 rings (SSSR count). The highest BCUT2D eigenvalue weighted by atomic mass is 35.5. The van der Waals surface area contributed by atoms with Crippen LogP contribution in [0.2, 0.25) is 5.02 Å². The molecule has 2 nitrogen and oxygen atoms in total. The maximum atomic E-state index is 5.87. The average Bonchev–Trinajstić information content (AvgIpc) is 2.32. The predicted octanol–water partition coefficient (Wildman–Crippen LogP) is 4.30. The van der Waals surface area contributed by atoms with Crippen molar-refractivity contribution in [1.82, 2.24) is 4.90 Å². The second kappa shape index (κ2) is 5.89. The zero-order valence-electron chi connectivity index (χ0n) is 10.8. The van der Waals surface area contributed by atoms with Crippen LogP contribution in [-0.4, -0.2) is 22.1 Å². The van der Waals surface area contributed by atoms with E-state index in [4.69, 9.17) is 23.8 Å². The molecule has 0 saturated carbocycles. The van der Waals surface area contributed by atoms with Gasteiger partial charge in [0.15, 0.2) is 5.11 Å². The zero-order valence-corrected chi connectivity index (χ0v) is 12.4. The lowest BCUT2D eigenvalue weighted by Crippen LogP contribution is -2.49. The minimum absolute atomic E-state index is 0.515. The third kappa shape index (κ3) is 3.15. The number of thiocarbonyl (C=S) groups is 1. The minimum atomic E-state index is 0.515. The molecule has 18 heavy (non-hydrogen) atoms. The molecule has 0 unspecified atom stereocenters. The molecular weight excluding hydrogens is 264 g/mol. The van der Waals surface area contributed by atoms with E-state index in [1.165, 1.54) is 19.3 Å². The molecule has 1 aromatic rings. The van der Waals surface area contributed by atoms with Crippen LogP contribution in [0.25, 0.3) is 0 Å². The standard InChI is InChI=1S/C14H19ClN2S/c1-10-4-3-5-11(2)17(10)14(18)16-13-8-6-12(15)7-9-13/h6-11H,3-5H2,1-2H3,(H,16,18)/t10-,11+. The molecule has 1 saturated heterocycles. The fraction of sp³-hybridized carbons (Fsp3) is 0.500. The third-order valence-electron chi connectivity index (χ3n) is 3.52. The number of hydrogen-bond acceptors (Lipinski definition) is 1. The summed E-state index contributed by atoms with van der Waals surface area (Å²) in [7, 11) is 0. The molecule has 0 bridgehead atoms. The molecule has 1 fully saturated rings. The van der Waals surface area contributed by atoms with Gasteiger partial charge < -0.3 is 10.2 Å². The van der Waals surface area contributed by atoms with E-state index in [-0.39, 0.29) is 0 Å². The van der Waals surface area contributed by atoms with Crippen molar-refractivity contribution in [3.63, 3.8) is 0 Å². The SMILES string of the molecule is C[C@@H]1CCC[C@H](C)N1C(=S)Nc1ccc(Cl)cc1. The monoisotopic (exact) mass is 282 g/mol. The maximum absolute atomic E-state index is 5.87. The molecule has 1 aliphatic heterocycles. The lowest BCUT2D eigenvalue weighted by molar-refractivity contribution is 0.194. The van der Waals surface area contributed by atoms with Crippen LogP contribution in [0, 0.1) is 0 Å². The highest BCUT2D eigenvalue weighted by Crippen LogP contribution is 2.24. The van der Waals surface area contributed by atoms with Gasteiger partial charge in [-0.2, -0.15) is 0 Å². The lowest BCUT2D eigenvalue weighted by atomic mass is 9.98. The molecule has 1 N–H and O–H groups in total. The number of piperidine rings is 1. The van der Waals surface area contributed by atoms with Gasteiger partial charge in [-0.3, -0.25) is 0 Å². The van der Waals surface area contributed by atoms with Crippen LogP contribution in [0.15, 0.2) is 24.3 Å². The number of anilines is 1. The van der Waals surface area contributed by atoms with Gasteiger partial charge >= 0.3 is 0 Å². The van der Waals surface area contributed by atoms with Gasteiger partial charge in [0.05, 0.1) is 0 Å². The van der Waals surface area contributed by atoms with Gasteiger partial charge in [0, 0.05) is 22.8 Å². The quantitative estimate of drug-likeness (QED) is 0.773. The topological polar surface area (TPSA) is 15.3 Å². The number of nitrogens with one attached hydrogen (secondary N) is 1. The molecule has 98 valence electrons. The Kier molecular flexibility index (Phi) is 4.46. The first-order valence-electron chi connectivity index (χ1n) is 6.43. The van der Waals surface area contributed by atoms with Crippen LogP contribution in [-0.2, 0) is 0 Å². The molecule has 0 aromatic heterocycles. The van der Waals surface area contributed by atoms with Crippen molar-refractivity contribution in [3.8, 4) is 0 Å². The van der Waals surface area contributed by atoms with Gasteiger partial charge in [0.25, 0.3) is 0 Å². The summed E-state index contributed by atoms with van der Waals surface area (Å²) in [5.74, 6) is 0. The Morgan fingerprint density at radius 2 is 1.78 bits per heavy atom. The van der Waals surface area contributed by atoms with Crippen molar-refractivity contribution in [2.24, 2.45) is 0 Å². The van der Waals surface area contributed by atoms with Crippen molar-refractivity contribution in [2.75, 3.05) is 5.32 Å². The molecular formula is C14H19ClN2S. The van der Waals surface area contributed by atoms with Crippen molar-refractivity contribution >= 4 is 34.6 Å². The smallest absolute Gasteiger partial charge is 0.173 e. The number of benzene rings is 1. The molecule has 0 spiro atoms. The summed E-state index contributed by atoms with van der Waals surface area (Å²) < 4.78 is 0. The molecule has 1 heterocycles. The second-order valence-electron chi connectivity index (χ2n) is 4.97. The van der Waals surface area contributed by atoms with E-state index in [1.807, 2.05) is 24.3 Å². The first-order valence-corrected chi connectivity index (χ1v) is 7.21. The molecule has 1 aromatic carbocycles. The van der Waals surface area contributed by atoms with Crippen molar-refractivity contribution in [1.29, 1.82) is 0 Å². The van der Waals surface area contributed by atoms with E-state index < -0.39 is 0 Å². The van der Waals surface area contributed by atoms with Gasteiger partial charge in [-0.1, -0.05) is 11.6 Å². The summed E-state index contributed by atoms with van der Waals surface area (Å²) in [5, 5.41) is 4.86. The van der Waals surface area contributed by atoms with Crippen molar-refractivity contribution < 1.29 is 0 Å². The summed E-state index contributed by atoms with van der Waals surface area (Å²) in [6, 6.07) is 8.68. The van der Waals surface area contributed by atoms with E-state index in [0.29, 0.717) is 12.1 Å². The number of rotatable bonds is 1. The van der Waals surface area contributed by atoms with Crippen LogP contribution in [0.3, 0.4) is 0 Å². The molecule has 0 radical (unpaired) electrons. The maximum Gasteiger partial charge on any atom is 0.173 e. The Hall–Kier alpha value is -0.800. The highest BCUT2D eigenvalue weighted by molar-refractivity contribution is 7.80. The Bertz CT molecular complexity index is 408. The Morgan fingerprint density at radius 3 is 2.33 bits per heavy atom. The Labute approximate surface area is 119 Å². The molecule has 0 amide bonds. The van der Waals surface area contributed by atoms with E-state index in [2.05, 4.69) is 24.1 Å². The highest BCUT2D eigenvalue weighted by Gasteiger charge is 2.26. The van der Waals surface area contributed by atoms with E-state index in [0.717, 1.165) is 15.8 Å². The van der Waals surface area contributed by atoms with Gasteiger partial charge in [-0.25, -0.2) is 0 Å². The van der Waals surface area contributed by atoms with E-state index >= 15 is 0 Å². The largest absolute Gasteiger partial charge is 0.344 e. The zero-order chi connectivity index (χ0) is 13.1. The molecule has 0 aliphatic carbocycles. The summed E-state index contributed by atoms with van der Waals surface area (Å²) >= 11 is 11.4. The fourth-order valence-corrected chi connectivity index (χ4v) is 3.15. The molecule has 1 aliphatic rings. The summed E-state index contributed by atoms with van der Waals surface area (Å²) in [5.41, 5.74) is 0.995. The van der Waals surface area contributed by atoms with Crippen LogP contribution >= 0.6 is 23.8 Å². The number of hydrogen-bond donors (Lipinski definition) is 1. The normalized spacial score (nSPS) is 23.8. The van der Waals surface area contributed by atoms with Crippen molar-refractivity contribution in [2.45, 2.75) is 45.2 Å². The second-order valence-corrected chi connectivity index (χ2v) is 5.80. The average molecular weight is 283 g/mol. The van der Waals surface area contributed by atoms with E-state index in [1.54, 1.807) is 0 Å². The van der Waals surface area contributed by atoms with E-state index in [9.17, 15) is 0 Å². The number of likely N-dealkylation sites (tertiary alicyclic amines) is 1. The van der Waals surface area contributed by atoms with Gasteiger partial charge in [0.1, 0.15) is 0 Å². The number of halogens is 1. The van der Waals surface area contributed by atoms with Gasteiger partial charge in [-0.05, 0) is 69.6 Å². The van der Waals surface area contributed by atoms with Crippen LogP contribution < -0.4 is 5.32 Å². The lowest BCUT2D eigenvalue weighted by Gasteiger charge is -2.40. The van der Waals surface area contributed by atoms with Gasteiger partial charge in [0.2, 0.25) is 0 Å². The van der Waals surface area contributed by atoms with Crippen molar-refractivity contribution in [3.05, 3.63) is 29.3 Å². The fourth-order valence-electron chi connectivity index (χ4n) is 2.54. The summed E-state index contributed by atoms with van der Waals surface area (Å²) in [4.78, 5) is 2.31. The number of nitrogens with zero attached hydrogens (tertiary/aromatic N) is 1. The summed E-state index contributed by atoms with van der Waals surface area (Å²) in [6.07, 6.45) is 3.72. The van der Waals surface area contributed by atoms with Gasteiger partial charge in [-0.15, -0.1) is 0 Å². The molecule has 4 heteroatoms. The third-order valence-corrected chi connectivity index (χ3v) is 4.09.